The molecule has 1 aliphatic rings. The maximum absolute atomic E-state index is 4.74. The number of likely N-dealkylation sites (tertiary alicyclic amines) is 1. The van der Waals surface area contributed by atoms with Crippen LogP contribution in [0.3, 0.4) is 0 Å². The SMILES string of the molecule is CNCc1nc(C2CCCN(C)C2)sc1Br. The molecule has 90 valence electrons. The first-order valence-electron chi connectivity index (χ1n) is 5.69. The van der Waals surface area contributed by atoms with Crippen LogP contribution in [0.2, 0.25) is 0 Å². The number of thiazole rings is 1. The van der Waals surface area contributed by atoms with Crippen molar-refractivity contribution in [3.05, 3.63) is 14.5 Å². The molecule has 1 aromatic rings. The molecule has 0 radical (unpaired) electrons. The predicted octanol–water partition coefficient (Wildman–Crippen LogP) is 2.43. The van der Waals surface area contributed by atoms with Crippen molar-refractivity contribution in [1.29, 1.82) is 0 Å². The fourth-order valence-electron chi connectivity index (χ4n) is 2.17. The van der Waals surface area contributed by atoms with Gasteiger partial charge < -0.3 is 10.2 Å². The molecule has 1 N–H and O–H groups in total. The summed E-state index contributed by atoms with van der Waals surface area (Å²) in [7, 11) is 4.16. The molecule has 1 aromatic heterocycles. The molecule has 0 aliphatic carbocycles. The van der Waals surface area contributed by atoms with Crippen molar-refractivity contribution in [2.45, 2.75) is 25.3 Å². The molecule has 2 rings (SSSR count). The van der Waals surface area contributed by atoms with Crippen LogP contribution in [0, 0.1) is 0 Å². The second kappa shape index (κ2) is 5.58. The highest BCUT2D eigenvalue weighted by molar-refractivity contribution is 9.11. The van der Waals surface area contributed by atoms with Crippen LogP contribution in [0.1, 0.15) is 29.5 Å². The summed E-state index contributed by atoms with van der Waals surface area (Å²) in [5, 5.41) is 4.45. The van der Waals surface area contributed by atoms with Crippen LogP contribution in [0.25, 0.3) is 0 Å². The Morgan fingerprint density at radius 1 is 1.62 bits per heavy atom. The number of likely N-dealkylation sites (N-methyl/N-ethyl adjacent to an activating group) is 1. The zero-order valence-corrected chi connectivity index (χ0v) is 12.2. The lowest BCUT2D eigenvalue weighted by molar-refractivity contribution is 0.250. The van der Waals surface area contributed by atoms with E-state index in [0.29, 0.717) is 5.92 Å². The second-order valence-electron chi connectivity index (χ2n) is 4.40. The minimum Gasteiger partial charge on any atom is -0.314 e. The Kier molecular flexibility index (Phi) is 4.35. The molecule has 0 bridgehead atoms. The largest absolute Gasteiger partial charge is 0.314 e. The summed E-state index contributed by atoms with van der Waals surface area (Å²) in [6.45, 7) is 3.23. The van der Waals surface area contributed by atoms with E-state index in [0.717, 1.165) is 18.8 Å². The van der Waals surface area contributed by atoms with E-state index >= 15 is 0 Å². The second-order valence-corrected chi connectivity index (χ2v) is 6.75. The normalized spacial score (nSPS) is 22.6. The Labute approximate surface area is 109 Å². The topological polar surface area (TPSA) is 28.2 Å². The van der Waals surface area contributed by atoms with E-state index in [2.05, 4.69) is 33.2 Å². The Balaban J connectivity index is 2.10. The molecule has 0 amide bonds. The van der Waals surface area contributed by atoms with E-state index in [4.69, 9.17) is 4.98 Å². The van der Waals surface area contributed by atoms with E-state index in [1.807, 2.05) is 7.05 Å². The van der Waals surface area contributed by atoms with Crippen LogP contribution in [0.5, 0.6) is 0 Å². The number of piperidine rings is 1. The van der Waals surface area contributed by atoms with Gasteiger partial charge in [0.25, 0.3) is 0 Å². The van der Waals surface area contributed by atoms with Crippen molar-refractivity contribution in [1.82, 2.24) is 15.2 Å². The molecular weight excluding hydrogens is 286 g/mol. The van der Waals surface area contributed by atoms with Crippen molar-refractivity contribution in [3.63, 3.8) is 0 Å². The molecule has 16 heavy (non-hydrogen) atoms. The van der Waals surface area contributed by atoms with Gasteiger partial charge in [-0.25, -0.2) is 4.98 Å². The summed E-state index contributed by atoms with van der Waals surface area (Å²) >= 11 is 5.40. The summed E-state index contributed by atoms with van der Waals surface area (Å²) in [4.78, 5) is 7.14. The van der Waals surface area contributed by atoms with E-state index in [1.54, 1.807) is 11.3 Å². The van der Waals surface area contributed by atoms with Gasteiger partial charge in [0, 0.05) is 19.0 Å². The first-order chi connectivity index (χ1) is 7.70. The van der Waals surface area contributed by atoms with Crippen molar-refractivity contribution in [2.24, 2.45) is 0 Å². The van der Waals surface area contributed by atoms with Gasteiger partial charge in [0.1, 0.15) is 0 Å². The lowest BCUT2D eigenvalue weighted by Crippen LogP contribution is -2.30. The number of aromatic nitrogens is 1. The van der Waals surface area contributed by atoms with E-state index in [-0.39, 0.29) is 0 Å². The van der Waals surface area contributed by atoms with E-state index in [9.17, 15) is 0 Å². The first kappa shape index (κ1) is 12.5. The van der Waals surface area contributed by atoms with Crippen LogP contribution in [0.4, 0.5) is 0 Å². The fourth-order valence-corrected chi connectivity index (χ4v) is 3.83. The smallest absolute Gasteiger partial charge is 0.0984 e. The van der Waals surface area contributed by atoms with Crippen molar-refractivity contribution in [2.75, 3.05) is 27.2 Å². The first-order valence-corrected chi connectivity index (χ1v) is 7.30. The third-order valence-corrected chi connectivity index (χ3v) is 4.98. The van der Waals surface area contributed by atoms with Gasteiger partial charge in [0.15, 0.2) is 0 Å². The highest BCUT2D eigenvalue weighted by Gasteiger charge is 2.22. The van der Waals surface area contributed by atoms with E-state index < -0.39 is 0 Å². The minimum atomic E-state index is 0.630. The standard InChI is InChI=1S/C11H18BrN3S/c1-13-6-9-10(12)16-11(14-9)8-4-3-5-15(2)7-8/h8,13H,3-7H2,1-2H3. The highest BCUT2D eigenvalue weighted by atomic mass is 79.9. The van der Waals surface area contributed by atoms with Gasteiger partial charge in [-0.1, -0.05) is 0 Å². The molecule has 5 heteroatoms. The third kappa shape index (κ3) is 2.83. The number of hydrogen-bond donors (Lipinski definition) is 1. The van der Waals surface area contributed by atoms with Crippen LogP contribution >= 0.6 is 27.3 Å². The van der Waals surface area contributed by atoms with Gasteiger partial charge in [0.2, 0.25) is 0 Å². The third-order valence-electron chi connectivity index (χ3n) is 2.98. The Morgan fingerprint density at radius 3 is 3.12 bits per heavy atom. The van der Waals surface area contributed by atoms with E-state index in [1.165, 1.54) is 28.2 Å². The molecule has 1 fully saturated rings. The van der Waals surface area contributed by atoms with Crippen LogP contribution in [0.15, 0.2) is 3.79 Å². The molecule has 0 aromatic carbocycles. The minimum absolute atomic E-state index is 0.630. The fraction of sp³-hybridized carbons (Fsp3) is 0.727. The summed E-state index contributed by atoms with van der Waals surface area (Å²) in [5.74, 6) is 0.630. The maximum atomic E-state index is 4.74. The number of hydrogen-bond acceptors (Lipinski definition) is 4. The monoisotopic (exact) mass is 303 g/mol. The average Bonchev–Trinajstić information content (AvgIpc) is 2.61. The molecule has 1 aliphatic heterocycles. The van der Waals surface area contributed by atoms with Gasteiger partial charge in [-0.15, -0.1) is 11.3 Å². The van der Waals surface area contributed by atoms with Crippen molar-refractivity contribution < 1.29 is 0 Å². The molecule has 1 unspecified atom stereocenters. The summed E-state index contributed by atoms with van der Waals surface area (Å²) in [6.07, 6.45) is 2.57. The quantitative estimate of drug-likeness (QED) is 0.929. The van der Waals surface area contributed by atoms with Crippen molar-refractivity contribution in [3.8, 4) is 0 Å². The van der Waals surface area contributed by atoms with Crippen LogP contribution < -0.4 is 5.32 Å². The van der Waals surface area contributed by atoms with Crippen LogP contribution in [-0.4, -0.2) is 37.1 Å². The van der Waals surface area contributed by atoms with Gasteiger partial charge in [-0.3, -0.25) is 0 Å². The van der Waals surface area contributed by atoms with Crippen LogP contribution in [-0.2, 0) is 6.54 Å². The number of rotatable bonds is 3. The number of halogens is 1. The summed E-state index contributed by atoms with van der Waals surface area (Å²) in [6, 6.07) is 0. The molecule has 0 spiro atoms. The van der Waals surface area contributed by atoms with Gasteiger partial charge in [-0.2, -0.15) is 0 Å². The molecule has 2 heterocycles. The molecule has 1 saturated heterocycles. The summed E-state index contributed by atoms with van der Waals surface area (Å²) in [5.41, 5.74) is 1.15. The molecule has 1 atom stereocenters. The molecule has 0 saturated carbocycles. The lowest BCUT2D eigenvalue weighted by Gasteiger charge is -2.28. The highest BCUT2D eigenvalue weighted by Crippen LogP contribution is 2.33. The average molecular weight is 304 g/mol. The lowest BCUT2D eigenvalue weighted by atomic mass is 9.99. The number of nitrogens with zero attached hydrogens (tertiary/aromatic N) is 2. The Morgan fingerprint density at radius 2 is 2.44 bits per heavy atom. The maximum Gasteiger partial charge on any atom is 0.0984 e. The van der Waals surface area contributed by atoms with Crippen molar-refractivity contribution >= 4 is 27.3 Å². The number of nitrogens with one attached hydrogen (secondary N) is 1. The Hall–Kier alpha value is 0.0300. The predicted molar refractivity (Wildman–Crippen MR) is 72.0 cm³/mol. The van der Waals surface area contributed by atoms with Gasteiger partial charge >= 0.3 is 0 Å². The molecule has 3 nitrogen and oxygen atoms in total. The zero-order chi connectivity index (χ0) is 11.5. The van der Waals surface area contributed by atoms with Gasteiger partial charge in [-0.05, 0) is 49.4 Å². The summed E-state index contributed by atoms with van der Waals surface area (Å²) < 4.78 is 1.19. The molecular formula is C11H18BrN3S. The zero-order valence-electron chi connectivity index (χ0n) is 9.79. The Bertz CT molecular complexity index is 353. The van der Waals surface area contributed by atoms with Gasteiger partial charge in [0.05, 0.1) is 14.5 Å².